The molecule has 8 aromatic rings. The van der Waals surface area contributed by atoms with E-state index >= 15 is 0 Å². The maximum absolute atomic E-state index is 6.38. The minimum atomic E-state index is 0. The first-order valence-electron chi connectivity index (χ1n) is 15.0. The summed E-state index contributed by atoms with van der Waals surface area (Å²) in [6.07, 6.45) is 5.35. The summed E-state index contributed by atoms with van der Waals surface area (Å²) in [6, 6.07) is 50.5. The Morgan fingerprint density at radius 2 is 1.33 bits per heavy atom. The van der Waals surface area contributed by atoms with E-state index in [1.807, 2.05) is 60.8 Å². The number of para-hydroxylation sites is 1. The fraction of sp³-hybridized carbons (Fsp3) is 0.0488. The summed E-state index contributed by atoms with van der Waals surface area (Å²) in [5.41, 5.74) is 9.79. The number of fused-ring (bicyclic) bond motifs is 3. The van der Waals surface area contributed by atoms with Crippen molar-refractivity contribution in [1.82, 2.24) is 14.1 Å². The number of hydrogen-bond donors (Lipinski definition) is 0. The fourth-order valence-corrected chi connectivity index (χ4v) is 6.22. The third-order valence-electron chi connectivity index (χ3n) is 8.28. The summed E-state index contributed by atoms with van der Waals surface area (Å²) in [7, 11) is 0. The molecule has 5 heteroatoms. The number of benzene rings is 5. The zero-order chi connectivity index (χ0) is 30.3. The van der Waals surface area contributed by atoms with Crippen LogP contribution in [-0.4, -0.2) is 14.1 Å². The van der Waals surface area contributed by atoms with E-state index in [9.17, 15) is 0 Å². The molecule has 0 spiro atoms. The molecule has 0 saturated carbocycles. The molecule has 0 unspecified atom stereocenters. The molecule has 0 amide bonds. The minimum absolute atomic E-state index is 0. The summed E-state index contributed by atoms with van der Waals surface area (Å²) in [4.78, 5) is 4.63. The van der Waals surface area contributed by atoms with Crippen LogP contribution in [0, 0.1) is 32.2 Å². The van der Waals surface area contributed by atoms with Crippen molar-refractivity contribution in [2.24, 2.45) is 0 Å². The molecule has 3 aromatic heterocycles. The Kier molecular flexibility index (Phi) is 7.90. The van der Waals surface area contributed by atoms with E-state index in [0.29, 0.717) is 11.5 Å². The van der Waals surface area contributed by atoms with Crippen molar-refractivity contribution in [3.8, 4) is 45.3 Å². The molecule has 4 nitrogen and oxygen atoms in total. The van der Waals surface area contributed by atoms with E-state index in [1.54, 1.807) is 0 Å². The van der Waals surface area contributed by atoms with Gasteiger partial charge < -0.3 is 13.9 Å². The van der Waals surface area contributed by atoms with Crippen LogP contribution < -0.4 is 4.74 Å². The van der Waals surface area contributed by atoms with Gasteiger partial charge in [0, 0.05) is 44.3 Å². The summed E-state index contributed by atoms with van der Waals surface area (Å²) in [6.45, 7) is 4.23. The van der Waals surface area contributed by atoms with Crippen molar-refractivity contribution in [3.05, 3.63) is 163 Å². The monoisotopic (exact) mass is 773 g/mol. The number of nitrogens with zero attached hydrogens (tertiary/aromatic N) is 3. The Morgan fingerprint density at radius 1 is 0.609 bits per heavy atom. The van der Waals surface area contributed by atoms with Gasteiger partial charge in [-0.2, -0.15) is 30.0 Å². The predicted molar refractivity (Wildman–Crippen MR) is 181 cm³/mol. The maximum atomic E-state index is 6.38. The van der Waals surface area contributed by atoms with Gasteiger partial charge in [0.05, 0.1) is 0 Å². The van der Waals surface area contributed by atoms with Gasteiger partial charge in [-0.3, -0.25) is 0 Å². The molecule has 5 aromatic carbocycles. The van der Waals surface area contributed by atoms with Gasteiger partial charge in [-0.25, -0.2) is 4.98 Å². The number of hydrogen-bond acceptors (Lipinski definition) is 2. The van der Waals surface area contributed by atoms with Crippen LogP contribution in [0.1, 0.15) is 11.3 Å². The Bertz CT molecular complexity index is 2300. The van der Waals surface area contributed by atoms with E-state index in [2.05, 4.69) is 119 Å². The third-order valence-corrected chi connectivity index (χ3v) is 8.28. The van der Waals surface area contributed by atoms with E-state index in [4.69, 9.17) is 4.74 Å². The van der Waals surface area contributed by atoms with Crippen molar-refractivity contribution >= 4 is 21.8 Å². The van der Waals surface area contributed by atoms with Gasteiger partial charge in [-0.1, -0.05) is 116 Å². The van der Waals surface area contributed by atoms with E-state index in [-0.39, 0.29) is 21.1 Å². The third kappa shape index (κ3) is 5.25. The molecule has 46 heavy (non-hydrogen) atoms. The zero-order valence-electron chi connectivity index (χ0n) is 25.3. The number of pyridine rings is 1. The summed E-state index contributed by atoms with van der Waals surface area (Å²) < 4.78 is 10.6. The molecule has 0 radical (unpaired) electrons. The van der Waals surface area contributed by atoms with Crippen LogP contribution in [0.3, 0.4) is 0 Å². The standard InChI is InChI=1S/C41H28N3O.Pt/c1-28-27-43(29(2)41(28)32-20-18-31(19-21-32)30-11-4-3-5-12-30)33-13-10-14-34(25-33)45-35-22-23-37-36-15-6-7-16-38(36)44(39(37)26-35)40-17-8-9-24-42-40;/h3-24H,1-2H3;/q-3;. The van der Waals surface area contributed by atoms with Crippen molar-refractivity contribution in [3.63, 3.8) is 0 Å². The Morgan fingerprint density at radius 3 is 2.13 bits per heavy atom. The topological polar surface area (TPSA) is 32.0 Å². The first-order chi connectivity index (χ1) is 22.1. The van der Waals surface area contributed by atoms with E-state index < -0.39 is 0 Å². The first kappa shape index (κ1) is 29.5. The second-order valence-corrected chi connectivity index (χ2v) is 11.1. The smallest absolute Gasteiger partial charge is 0.135 e. The van der Waals surface area contributed by atoms with Gasteiger partial charge in [0.15, 0.2) is 0 Å². The molecule has 3 heterocycles. The molecular weight excluding hydrogens is 746 g/mol. The molecule has 0 bridgehead atoms. The normalized spacial score (nSPS) is 11.1. The van der Waals surface area contributed by atoms with Crippen LogP contribution in [0.25, 0.3) is 55.6 Å². The van der Waals surface area contributed by atoms with Crippen molar-refractivity contribution < 1.29 is 25.8 Å². The number of rotatable bonds is 6. The molecule has 0 aliphatic heterocycles. The first-order valence-corrected chi connectivity index (χ1v) is 15.0. The average Bonchev–Trinajstić information content (AvgIpc) is 3.58. The number of aryl methyl sites for hydroxylation is 1. The second-order valence-electron chi connectivity index (χ2n) is 11.1. The van der Waals surface area contributed by atoms with Gasteiger partial charge >= 0.3 is 0 Å². The largest absolute Gasteiger partial charge is 0.510 e. The van der Waals surface area contributed by atoms with E-state index in [0.717, 1.165) is 44.6 Å². The number of aromatic nitrogens is 3. The number of ether oxygens (including phenoxy) is 1. The van der Waals surface area contributed by atoms with Gasteiger partial charge in [0.25, 0.3) is 0 Å². The average molecular weight is 774 g/mol. The Balaban J connectivity index is 0.00000338. The molecule has 0 saturated heterocycles. The molecule has 0 fully saturated rings. The molecule has 8 rings (SSSR count). The van der Waals surface area contributed by atoms with Crippen molar-refractivity contribution in [1.29, 1.82) is 0 Å². The van der Waals surface area contributed by atoms with E-state index in [1.165, 1.54) is 22.3 Å². The van der Waals surface area contributed by atoms with Gasteiger partial charge in [0.2, 0.25) is 0 Å². The SMILES string of the molecule is Cc1[c-]n(-c2[c-]c(Oc3[c-]c4c(cc3)c3ccccc3n4-c3ccccn3)ccc2)c(C)c1-c1ccc(-c2ccccc2)cc1.[Pt]. The molecule has 226 valence electrons. The van der Waals surface area contributed by atoms with Crippen LogP contribution in [0.5, 0.6) is 11.5 Å². The summed E-state index contributed by atoms with van der Waals surface area (Å²) >= 11 is 0. The minimum Gasteiger partial charge on any atom is -0.510 e. The molecule has 0 aliphatic rings. The van der Waals surface area contributed by atoms with Crippen molar-refractivity contribution in [2.75, 3.05) is 0 Å². The van der Waals surface area contributed by atoms with Crippen LogP contribution in [0.2, 0.25) is 0 Å². The summed E-state index contributed by atoms with van der Waals surface area (Å²) in [5.74, 6) is 2.06. The fourth-order valence-electron chi connectivity index (χ4n) is 6.22. The molecular formula is C41H28N3OPt-3. The maximum Gasteiger partial charge on any atom is 0.135 e. The van der Waals surface area contributed by atoms with Gasteiger partial charge in [-0.05, 0) is 34.7 Å². The Hall–Kier alpha value is -5.18. The van der Waals surface area contributed by atoms with Crippen LogP contribution in [0.15, 0.2) is 134 Å². The molecule has 0 aliphatic carbocycles. The molecule has 0 N–H and O–H groups in total. The second kappa shape index (κ2) is 12.3. The zero-order valence-corrected chi connectivity index (χ0v) is 27.5. The van der Waals surface area contributed by atoms with Crippen molar-refractivity contribution in [2.45, 2.75) is 13.8 Å². The van der Waals surface area contributed by atoms with Crippen LogP contribution in [-0.2, 0) is 21.1 Å². The van der Waals surface area contributed by atoms with Gasteiger partial charge in [0.1, 0.15) is 5.82 Å². The van der Waals surface area contributed by atoms with Crippen LogP contribution in [0.4, 0.5) is 0 Å². The quantitative estimate of drug-likeness (QED) is 0.158. The summed E-state index contributed by atoms with van der Waals surface area (Å²) in [5, 5.41) is 2.24. The van der Waals surface area contributed by atoms with Gasteiger partial charge in [-0.15, -0.1) is 34.7 Å². The van der Waals surface area contributed by atoms with Crippen LogP contribution >= 0.6 is 0 Å². The predicted octanol–water partition coefficient (Wildman–Crippen LogP) is 10.1. The molecule has 0 atom stereocenters. The Labute approximate surface area is 282 Å².